The van der Waals surface area contributed by atoms with Gasteiger partial charge in [0.05, 0.1) is 6.10 Å². The number of fused-ring (bicyclic) bond motifs is 1. The first-order valence-corrected chi connectivity index (χ1v) is 6.75. The van der Waals surface area contributed by atoms with Crippen molar-refractivity contribution in [1.29, 1.82) is 0 Å². The molecule has 0 saturated heterocycles. The van der Waals surface area contributed by atoms with Crippen molar-refractivity contribution in [2.75, 3.05) is 0 Å². The van der Waals surface area contributed by atoms with Crippen molar-refractivity contribution in [1.82, 2.24) is 0 Å². The minimum atomic E-state index is -0.0587. The number of hydrogen-bond donors (Lipinski definition) is 1. The van der Waals surface area contributed by atoms with E-state index in [1.807, 2.05) is 0 Å². The zero-order chi connectivity index (χ0) is 11.7. The highest BCUT2D eigenvalue weighted by Crippen LogP contribution is 2.72. The molecular formula is C15H24O. The molecule has 3 saturated carbocycles. The number of allylic oxidation sites excluding steroid dienone is 1. The van der Waals surface area contributed by atoms with Gasteiger partial charge in [0.15, 0.2) is 0 Å². The van der Waals surface area contributed by atoms with E-state index in [0.717, 1.165) is 6.42 Å². The maximum absolute atomic E-state index is 10.2. The lowest BCUT2D eigenvalue weighted by atomic mass is 9.67. The first-order chi connectivity index (χ1) is 7.39. The second-order valence-electron chi connectivity index (χ2n) is 7.11. The maximum Gasteiger partial charge on any atom is 0.0574 e. The lowest BCUT2D eigenvalue weighted by Crippen LogP contribution is -2.32. The van der Waals surface area contributed by atoms with E-state index in [4.69, 9.17) is 0 Å². The lowest BCUT2D eigenvalue weighted by Gasteiger charge is -2.38. The molecule has 1 nitrogen and oxygen atoms in total. The van der Waals surface area contributed by atoms with E-state index in [1.165, 1.54) is 24.8 Å². The summed E-state index contributed by atoms with van der Waals surface area (Å²) in [6.07, 6.45) is 4.73. The Morgan fingerprint density at radius 1 is 1.38 bits per heavy atom. The summed E-state index contributed by atoms with van der Waals surface area (Å²) in [5, 5.41) is 10.2. The Morgan fingerprint density at radius 2 is 2.06 bits per heavy atom. The van der Waals surface area contributed by atoms with E-state index in [2.05, 4.69) is 27.4 Å². The molecule has 1 heteroatoms. The minimum absolute atomic E-state index is 0.0587. The molecule has 3 aliphatic carbocycles. The van der Waals surface area contributed by atoms with Crippen LogP contribution in [0.3, 0.4) is 0 Å². The normalized spacial score (nSPS) is 54.1. The molecule has 0 aromatic rings. The molecule has 0 aromatic carbocycles. The van der Waals surface area contributed by atoms with Crippen LogP contribution in [0.5, 0.6) is 0 Å². The molecule has 3 aliphatic rings. The Balaban J connectivity index is 2.08. The van der Waals surface area contributed by atoms with Gasteiger partial charge >= 0.3 is 0 Å². The molecule has 0 heterocycles. The number of aliphatic hydroxyl groups is 1. The van der Waals surface area contributed by atoms with Gasteiger partial charge in [0.25, 0.3) is 0 Å². The zero-order valence-corrected chi connectivity index (χ0v) is 10.8. The summed E-state index contributed by atoms with van der Waals surface area (Å²) in [4.78, 5) is 0. The molecule has 3 fully saturated rings. The predicted molar refractivity (Wildman–Crippen MR) is 66.0 cm³/mol. The second kappa shape index (κ2) is 2.93. The molecule has 0 radical (unpaired) electrons. The van der Waals surface area contributed by atoms with Crippen molar-refractivity contribution in [3.05, 3.63) is 12.2 Å². The standard InChI is InChI=1S/C15H24O/c1-9-5-6-15-8-11(9)14(3,4)13(15)7-12(16)10(15)2/h10-13,16H,1,5-8H2,2-4H3/t10-,11+,12-,13+,15+/m1/s1. The minimum Gasteiger partial charge on any atom is -0.393 e. The lowest BCUT2D eigenvalue weighted by molar-refractivity contribution is 0.0693. The van der Waals surface area contributed by atoms with Gasteiger partial charge in [-0.05, 0) is 54.3 Å². The third kappa shape index (κ3) is 1.01. The van der Waals surface area contributed by atoms with Crippen molar-refractivity contribution in [2.45, 2.75) is 52.6 Å². The smallest absolute Gasteiger partial charge is 0.0574 e. The Labute approximate surface area is 98.9 Å². The highest BCUT2D eigenvalue weighted by Gasteiger charge is 2.66. The second-order valence-corrected chi connectivity index (χ2v) is 7.11. The van der Waals surface area contributed by atoms with E-state index in [-0.39, 0.29) is 6.10 Å². The molecular weight excluding hydrogens is 196 g/mol. The molecule has 2 bridgehead atoms. The third-order valence-electron chi connectivity index (χ3n) is 6.44. The quantitative estimate of drug-likeness (QED) is 0.620. The van der Waals surface area contributed by atoms with Crippen LogP contribution in [0.25, 0.3) is 0 Å². The molecule has 0 unspecified atom stereocenters. The first-order valence-electron chi connectivity index (χ1n) is 6.75. The van der Waals surface area contributed by atoms with Crippen molar-refractivity contribution in [2.24, 2.45) is 28.6 Å². The Morgan fingerprint density at radius 3 is 2.75 bits per heavy atom. The monoisotopic (exact) mass is 220 g/mol. The number of rotatable bonds is 0. The van der Waals surface area contributed by atoms with Crippen molar-refractivity contribution in [3.63, 3.8) is 0 Å². The van der Waals surface area contributed by atoms with Crippen LogP contribution in [0, 0.1) is 28.6 Å². The van der Waals surface area contributed by atoms with Gasteiger partial charge in [0, 0.05) is 0 Å². The van der Waals surface area contributed by atoms with Crippen LogP contribution in [-0.2, 0) is 0 Å². The summed E-state index contributed by atoms with van der Waals surface area (Å²) in [6, 6.07) is 0. The molecule has 3 rings (SSSR count). The van der Waals surface area contributed by atoms with Crippen molar-refractivity contribution >= 4 is 0 Å². The largest absolute Gasteiger partial charge is 0.393 e. The number of aliphatic hydroxyl groups excluding tert-OH is 1. The topological polar surface area (TPSA) is 20.2 Å². The van der Waals surface area contributed by atoms with E-state index >= 15 is 0 Å². The van der Waals surface area contributed by atoms with Gasteiger partial charge in [-0.2, -0.15) is 0 Å². The van der Waals surface area contributed by atoms with Crippen LogP contribution in [-0.4, -0.2) is 11.2 Å². The maximum atomic E-state index is 10.2. The fourth-order valence-electron chi connectivity index (χ4n) is 5.38. The highest BCUT2D eigenvalue weighted by atomic mass is 16.3. The van der Waals surface area contributed by atoms with E-state index in [9.17, 15) is 5.11 Å². The zero-order valence-electron chi connectivity index (χ0n) is 10.8. The Kier molecular flexibility index (Phi) is 1.98. The molecule has 0 amide bonds. The van der Waals surface area contributed by atoms with Gasteiger partial charge in [0.2, 0.25) is 0 Å². The SMILES string of the molecule is C=C1CC[C@@]23C[C@@H]1C(C)(C)[C@@H]2C[C@@H](O)[C@H]3C. The Bertz CT molecular complexity index is 343. The summed E-state index contributed by atoms with van der Waals surface area (Å²) in [5.74, 6) is 1.92. The molecule has 16 heavy (non-hydrogen) atoms. The third-order valence-corrected chi connectivity index (χ3v) is 6.44. The highest BCUT2D eigenvalue weighted by molar-refractivity contribution is 5.24. The Hall–Kier alpha value is -0.300. The van der Waals surface area contributed by atoms with Crippen LogP contribution in [0.15, 0.2) is 12.2 Å². The molecule has 5 atom stereocenters. The van der Waals surface area contributed by atoms with Gasteiger partial charge in [-0.1, -0.05) is 32.9 Å². The average Bonchev–Trinajstić information content (AvgIpc) is 2.57. The molecule has 0 aliphatic heterocycles. The summed E-state index contributed by atoms with van der Waals surface area (Å²) in [6.45, 7) is 11.4. The summed E-state index contributed by atoms with van der Waals surface area (Å²) >= 11 is 0. The summed E-state index contributed by atoms with van der Waals surface area (Å²) in [7, 11) is 0. The van der Waals surface area contributed by atoms with Crippen LogP contribution >= 0.6 is 0 Å². The summed E-state index contributed by atoms with van der Waals surface area (Å²) in [5.41, 5.74) is 2.28. The summed E-state index contributed by atoms with van der Waals surface area (Å²) < 4.78 is 0. The first kappa shape index (κ1) is 10.8. The van der Waals surface area contributed by atoms with Gasteiger partial charge < -0.3 is 5.11 Å². The average molecular weight is 220 g/mol. The fourth-order valence-corrected chi connectivity index (χ4v) is 5.38. The van der Waals surface area contributed by atoms with Crippen LogP contribution in [0.2, 0.25) is 0 Å². The van der Waals surface area contributed by atoms with Gasteiger partial charge in [0.1, 0.15) is 0 Å². The number of hydrogen-bond acceptors (Lipinski definition) is 1. The predicted octanol–water partition coefficient (Wildman–Crippen LogP) is 3.39. The fraction of sp³-hybridized carbons (Fsp3) is 0.867. The van der Waals surface area contributed by atoms with E-state index < -0.39 is 0 Å². The van der Waals surface area contributed by atoms with Gasteiger partial charge in [-0.3, -0.25) is 0 Å². The molecule has 1 N–H and O–H groups in total. The van der Waals surface area contributed by atoms with E-state index in [0.29, 0.717) is 28.6 Å². The van der Waals surface area contributed by atoms with Crippen molar-refractivity contribution < 1.29 is 5.11 Å². The molecule has 1 spiro atoms. The molecule has 0 aromatic heterocycles. The van der Waals surface area contributed by atoms with Crippen LogP contribution < -0.4 is 0 Å². The van der Waals surface area contributed by atoms with Gasteiger partial charge in [-0.15, -0.1) is 0 Å². The van der Waals surface area contributed by atoms with E-state index in [1.54, 1.807) is 0 Å². The van der Waals surface area contributed by atoms with Crippen molar-refractivity contribution in [3.8, 4) is 0 Å². The molecule has 90 valence electrons. The van der Waals surface area contributed by atoms with Gasteiger partial charge in [-0.25, -0.2) is 0 Å². The van der Waals surface area contributed by atoms with Crippen LogP contribution in [0.4, 0.5) is 0 Å². The van der Waals surface area contributed by atoms with Crippen LogP contribution in [0.1, 0.15) is 46.5 Å².